The molecule has 20 heavy (non-hydrogen) atoms. The monoisotopic (exact) mass is 274 g/mol. The van der Waals surface area contributed by atoms with Crippen LogP contribution in [0.1, 0.15) is 43.6 Å². The van der Waals surface area contributed by atoms with Crippen molar-refractivity contribution >= 4 is 0 Å². The molecule has 0 amide bonds. The van der Waals surface area contributed by atoms with E-state index in [0.717, 1.165) is 11.1 Å². The van der Waals surface area contributed by atoms with Gasteiger partial charge in [-0.05, 0) is 33.3 Å². The third kappa shape index (κ3) is 2.43. The Balaban J connectivity index is 2.58. The maximum absolute atomic E-state index is 11.0. The van der Waals surface area contributed by atoms with Crippen molar-refractivity contribution in [3.8, 4) is 5.75 Å². The zero-order valence-electron chi connectivity index (χ0n) is 12.7. The molecular formula is C16H22N2O2. The number of hydrogen-bond acceptors (Lipinski definition) is 3. The van der Waals surface area contributed by atoms with Gasteiger partial charge in [-0.15, -0.1) is 0 Å². The molecular weight excluding hydrogens is 252 g/mol. The van der Waals surface area contributed by atoms with E-state index >= 15 is 0 Å². The summed E-state index contributed by atoms with van der Waals surface area (Å²) in [5.41, 5.74) is 1.51. The summed E-state index contributed by atoms with van der Waals surface area (Å²) in [7, 11) is 1.59. The Bertz CT molecular complexity index is 583. The summed E-state index contributed by atoms with van der Waals surface area (Å²) in [4.78, 5) is 0. The summed E-state index contributed by atoms with van der Waals surface area (Å²) in [6, 6.07) is 8.00. The summed E-state index contributed by atoms with van der Waals surface area (Å²) in [5.74, 6) is 0.601. The van der Waals surface area contributed by atoms with Crippen LogP contribution in [0.15, 0.2) is 30.5 Å². The van der Waals surface area contributed by atoms with Gasteiger partial charge in [0.05, 0.1) is 13.3 Å². The number of aromatic nitrogens is 2. The first-order chi connectivity index (χ1) is 9.37. The van der Waals surface area contributed by atoms with Crippen LogP contribution in [0.25, 0.3) is 0 Å². The van der Waals surface area contributed by atoms with Gasteiger partial charge in [-0.1, -0.05) is 29.8 Å². The SMILES string of the molecule is COc1cnn(C(C)C)c1C(C)(O)c1ccc(C)cc1. The highest BCUT2D eigenvalue weighted by atomic mass is 16.5. The van der Waals surface area contributed by atoms with E-state index in [2.05, 4.69) is 5.10 Å². The van der Waals surface area contributed by atoms with Crippen LogP contribution in [0.4, 0.5) is 0 Å². The number of aryl methyl sites for hydroxylation is 1. The summed E-state index contributed by atoms with van der Waals surface area (Å²) < 4.78 is 7.17. The van der Waals surface area contributed by atoms with Crippen molar-refractivity contribution in [3.63, 3.8) is 0 Å². The molecule has 2 rings (SSSR count). The van der Waals surface area contributed by atoms with Gasteiger partial charge in [-0.25, -0.2) is 0 Å². The first-order valence-electron chi connectivity index (χ1n) is 6.79. The van der Waals surface area contributed by atoms with Gasteiger partial charge in [-0.2, -0.15) is 5.10 Å². The first kappa shape index (κ1) is 14.6. The molecule has 4 nitrogen and oxygen atoms in total. The van der Waals surface area contributed by atoms with Gasteiger partial charge in [0.25, 0.3) is 0 Å². The van der Waals surface area contributed by atoms with Crippen LogP contribution < -0.4 is 4.74 Å². The zero-order valence-corrected chi connectivity index (χ0v) is 12.7. The van der Waals surface area contributed by atoms with Crippen molar-refractivity contribution in [1.29, 1.82) is 0 Å². The van der Waals surface area contributed by atoms with Crippen molar-refractivity contribution in [2.75, 3.05) is 7.11 Å². The van der Waals surface area contributed by atoms with Crippen LogP contribution in [-0.2, 0) is 5.60 Å². The second-order valence-electron chi connectivity index (χ2n) is 5.54. The predicted octanol–water partition coefficient (Wildman–Crippen LogP) is 3.04. The molecule has 2 aromatic rings. The minimum atomic E-state index is -1.15. The Kier molecular flexibility index (Phi) is 3.86. The van der Waals surface area contributed by atoms with Crippen LogP contribution in [0, 0.1) is 6.92 Å². The highest BCUT2D eigenvalue weighted by molar-refractivity contribution is 5.40. The number of benzene rings is 1. The van der Waals surface area contributed by atoms with E-state index in [1.165, 1.54) is 0 Å². The topological polar surface area (TPSA) is 47.3 Å². The molecule has 1 unspecified atom stereocenters. The van der Waals surface area contributed by atoms with Gasteiger partial charge in [0.1, 0.15) is 11.3 Å². The van der Waals surface area contributed by atoms with Crippen molar-refractivity contribution in [2.45, 2.75) is 39.3 Å². The molecule has 1 aromatic heterocycles. The van der Waals surface area contributed by atoms with Crippen LogP contribution in [-0.4, -0.2) is 22.0 Å². The zero-order chi connectivity index (χ0) is 14.9. The molecule has 1 N–H and O–H groups in total. The van der Waals surface area contributed by atoms with E-state index in [1.807, 2.05) is 45.0 Å². The predicted molar refractivity (Wildman–Crippen MR) is 79.0 cm³/mol. The smallest absolute Gasteiger partial charge is 0.163 e. The molecule has 108 valence electrons. The second kappa shape index (κ2) is 5.29. The molecule has 0 radical (unpaired) electrons. The molecule has 4 heteroatoms. The number of ether oxygens (including phenoxy) is 1. The largest absolute Gasteiger partial charge is 0.493 e. The van der Waals surface area contributed by atoms with Gasteiger partial charge in [0.15, 0.2) is 5.75 Å². The van der Waals surface area contributed by atoms with E-state index < -0.39 is 5.60 Å². The lowest BCUT2D eigenvalue weighted by Crippen LogP contribution is -2.28. The third-order valence-electron chi connectivity index (χ3n) is 3.55. The molecule has 0 saturated carbocycles. The van der Waals surface area contributed by atoms with Crippen LogP contribution in [0.2, 0.25) is 0 Å². The number of methoxy groups -OCH3 is 1. The van der Waals surface area contributed by atoms with Gasteiger partial charge < -0.3 is 9.84 Å². The quantitative estimate of drug-likeness (QED) is 0.932. The highest BCUT2D eigenvalue weighted by Crippen LogP contribution is 2.36. The molecule has 0 fully saturated rings. The minimum absolute atomic E-state index is 0.144. The maximum Gasteiger partial charge on any atom is 0.163 e. The van der Waals surface area contributed by atoms with Crippen LogP contribution >= 0.6 is 0 Å². The van der Waals surface area contributed by atoms with Crippen LogP contribution in [0.5, 0.6) is 5.75 Å². The lowest BCUT2D eigenvalue weighted by atomic mass is 9.91. The van der Waals surface area contributed by atoms with Gasteiger partial charge >= 0.3 is 0 Å². The molecule has 1 atom stereocenters. The van der Waals surface area contributed by atoms with Crippen molar-refractivity contribution < 1.29 is 9.84 Å². The van der Waals surface area contributed by atoms with Gasteiger partial charge in [0.2, 0.25) is 0 Å². The molecule has 0 aliphatic rings. The Morgan fingerprint density at radius 3 is 2.35 bits per heavy atom. The second-order valence-corrected chi connectivity index (χ2v) is 5.54. The van der Waals surface area contributed by atoms with Gasteiger partial charge in [-0.3, -0.25) is 4.68 Å². The summed E-state index contributed by atoms with van der Waals surface area (Å²) in [5, 5.41) is 15.4. The maximum atomic E-state index is 11.0. The lowest BCUT2D eigenvalue weighted by Gasteiger charge is -2.27. The first-order valence-corrected chi connectivity index (χ1v) is 6.79. The molecule has 0 aliphatic heterocycles. The fourth-order valence-electron chi connectivity index (χ4n) is 2.37. The number of rotatable bonds is 4. The van der Waals surface area contributed by atoms with E-state index in [-0.39, 0.29) is 6.04 Å². The van der Waals surface area contributed by atoms with E-state index in [0.29, 0.717) is 11.4 Å². The third-order valence-corrected chi connectivity index (χ3v) is 3.55. The van der Waals surface area contributed by atoms with E-state index in [9.17, 15) is 5.11 Å². The Labute approximate surface area is 120 Å². The van der Waals surface area contributed by atoms with E-state index in [1.54, 1.807) is 24.9 Å². The van der Waals surface area contributed by atoms with E-state index in [4.69, 9.17) is 4.74 Å². The summed E-state index contributed by atoms with van der Waals surface area (Å²) in [6.45, 7) is 7.86. The van der Waals surface area contributed by atoms with Crippen LogP contribution in [0.3, 0.4) is 0 Å². The Morgan fingerprint density at radius 1 is 1.25 bits per heavy atom. The average molecular weight is 274 g/mol. The number of hydrogen-bond donors (Lipinski definition) is 1. The fourth-order valence-corrected chi connectivity index (χ4v) is 2.37. The average Bonchev–Trinajstić information content (AvgIpc) is 2.84. The van der Waals surface area contributed by atoms with Gasteiger partial charge in [0, 0.05) is 6.04 Å². The Morgan fingerprint density at radius 2 is 1.85 bits per heavy atom. The van der Waals surface area contributed by atoms with Crippen molar-refractivity contribution in [3.05, 3.63) is 47.3 Å². The number of aliphatic hydroxyl groups is 1. The van der Waals surface area contributed by atoms with Crippen molar-refractivity contribution in [2.24, 2.45) is 0 Å². The minimum Gasteiger partial charge on any atom is -0.493 e. The molecule has 1 heterocycles. The molecule has 0 bridgehead atoms. The summed E-state index contributed by atoms with van der Waals surface area (Å²) in [6.07, 6.45) is 1.65. The Hall–Kier alpha value is -1.81. The molecule has 1 aromatic carbocycles. The normalized spacial score (nSPS) is 14.3. The highest BCUT2D eigenvalue weighted by Gasteiger charge is 2.34. The lowest BCUT2D eigenvalue weighted by molar-refractivity contribution is 0.0868. The molecule has 0 aliphatic carbocycles. The molecule has 0 spiro atoms. The molecule has 0 saturated heterocycles. The number of nitrogens with zero attached hydrogens (tertiary/aromatic N) is 2. The fraction of sp³-hybridized carbons (Fsp3) is 0.438. The standard InChI is InChI=1S/C16H22N2O2/c1-11(2)18-15(14(20-5)10-17-18)16(4,19)13-8-6-12(3)7-9-13/h6-11,19H,1-5H3. The summed E-state index contributed by atoms with van der Waals surface area (Å²) >= 11 is 0. The van der Waals surface area contributed by atoms with Crippen molar-refractivity contribution in [1.82, 2.24) is 9.78 Å².